The van der Waals surface area contributed by atoms with E-state index in [4.69, 9.17) is 11.6 Å². The Kier molecular flexibility index (Phi) is 3.07. The second-order valence-corrected chi connectivity index (χ2v) is 6.02. The summed E-state index contributed by atoms with van der Waals surface area (Å²) >= 11 is 5.85. The van der Waals surface area contributed by atoms with Crippen molar-refractivity contribution in [2.75, 3.05) is 18.0 Å². The fourth-order valence-electron chi connectivity index (χ4n) is 2.29. The van der Waals surface area contributed by atoms with Crippen molar-refractivity contribution >= 4 is 28.6 Å². The van der Waals surface area contributed by atoms with E-state index in [1.807, 2.05) is 0 Å². The average Bonchev–Trinajstić information content (AvgIpc) is 2.90. The third-order valence-electron chi connectivity index (χ3n) is 3.35. The molecule has 0 saturated carbocycles. The highest BCUT2D eigenvalue weighted by Gasteiger charge is 2.40. The van der Waals surface area contributed by atoms with Crippen molar-refractivity contribution in [1.29, 1.82) is 0 Å². The molecule has 114 valence electrons. The zero-order valence-corrected chi connectivity index (χ0v) is 12.2. The lowest BCUT2D eigenvalue weighted by molar-refractivity contribution is 0.0257. The first-order valence-corrected chi connectivity index (χ1v) is 6.82. The van der Waals surface area contributed by atoms with Crippen LogP contribution in [0.5, 0.6) is 0 Å². The van der Waals surface area contributed by atoms with Gasteiger partial charge in [-0.1, -0.05) is 0 Å². The highest BCUT2D eigenvalue weighted by atomic mass is 35.5. The van der Waals surface area contributed by atoms with Crippen LogP contribution in [-0.2, 0) is 5.60 Å². The zero-order valence-electron chi connectivity index (χ0n) is 11.5. The van der Waals surface area contributed by atoms with Gasteiger partial charge in [-0.25, -0.2) is 13.8 Å². The molecule has 0 unspecified atom stereocenters. The number of halogens is 3. The number of H-pyrrole nitrogens is 1. The van der Waals surface area contributed by atoms with E-state index in [0.29, 0.717) is 11.2 Å². The maximum Gasteiger partial charge on any atom is 0.266 e. The molecule has 1 aliphatic rings. The number of aromatic amines is 1. The lowest BCUT2D eigenvalue weighted by atomic mass is 10.1. The van der Waals surface area contributed by atoms with Crippen LogP contribution in [0.4, 0.5) is 14.6 Å². The van der Waals surface area contributed by atoms with Crippen molar-refractivity contribution in [3.63, 3.8) is 0 Å². The minimum absolute atomic E-state index is 0.0568. The SMILES string of the molecule is CC(C)(O)c1nc2c(N3CCC(F)(F)C3)nc(Cl)nc2[nH]1. The van der Waals surface area contributed by atoms with Crippen LogP contribution in [0.3, 0.4) is 0 Å². The van der Waals surface area contributed by atoms with E-state index in [-0.39, 0.29) is 29.9 Å². The number of aromatic nitrogens is 4. The van der Waals surface area contributed by atoms with E-state index in [2.05, 4.69) is 19.9 Å². The average molecular weight is 318 g/mol. The molecule has 3 heterocycles. The molecule has 21 heavy (non-hydrogen) atoms. The first-order valence-electron chi connectivity index (χ1n) is 6.45. The Hall–Kier alpha value is -1.54. The molecule has 2 aromatic rings. The van der Waals surface area contributed by atoms with Gasteiger partial charge in [0.2, 0.25) is 5.28 Å². The maximum atomic E-state index is 13.4. The second-order valence-electron chi connectivity index (χ2n) is 5.69. The van der Waals surface area contributed by atoms with E-state index in [9.17, 15) is 13.9 Å². The van der Waals surface area contributed by atoms with Gasteiger partial charge < -0.3 is 15.0 Å². The number of alkyl halides is 2. The van der Waals surface area contributed by atoms with Crippen LogP contribution in [0.2, 0.25) is 5.28 Å². The summed E-state index contributed by atoms with van der Waals surface area (Å²) in [5.41, 5.74) is -0.564. The minimum Gasteiger partial charge on any atom is -0.383 e. The van der Waals surface area contributed by atoms with E-state index in [1.54, 1.807) is 13.8 Å². The molecule has 0 radical (unpaired) electrons. The van der Waals surface area contributed by atoms with E-state index >= 15 is 0 Å². The Morgan fingerprint density at radius 3 is 2.62 bits per heavy atom. The smallest absolute Gasteiger partial charge is 0.266 e. The van der Waals surface area contributed by atoms with Crippen molar-refractivity contribution in [3.8, 4) is 0 Å². The van der Waals surface area contributed by atoms with Gasteiger partial charge in [0.1, 0.15) is 11.4 Å². The molecule has 0 spiro atoms. The summed E-state index contributed by atoms with van der Waals surface area (Å²) in [5.74, 6) is -2.21. The molecular formula is C12H14ClF2N5O. The fraction of sp³-hybridized carbons (Fsp3) is 0.583. The molecule has 0 atom stereocenters. The van der Waals surface area contributed by atoms with E-state index in [0.717, 1.165) is 0 Å². The summed E-state index contributed by atoms with van der Waals surface area (Å²) in [4.78, 5) is 16.5. The molecule has 2 N–H and O–H groups in total. The number of rotatable bonds is 2. The Labute approximate surface area is 124 Å². The quantitative estimate of drug-likeness (QED) is 0.829. The number of hydrogen-bond acceptors (Lipinski definition) is 5. The van der Waals surface area contributed by atoms with Crippen LogP contribution >= 0.6 is 11.6 Å². The van der Waals surface area contributed by atoms with Crippen molar-refractivity contribution in [1.82, 2.24) is 19.9 Å². The monoisotopic (exact) mass is 317 g/mol. The molecule has 3 rings (SSSR count). The lowest BCUT2D eigenvalue weighted by Crippen LogP contribution is -2.26. The highest BCUT2D eigenvalue weighted by Crippen LogP contribution is 2.34. The Morgan fingerprint density at radius 1 is 1.33 bits per heavy atom. The number of hydrogen-bond donors (Lipinski definition) is 2. The summed E-state index contributed by atoms with van der Waals surface area (Å²) in [7, 11) is 0. The molecule has 0 aromatic carbocycles. The van der Waals surface area contributed by atoms with Gasteiger partial charge in [-0.3, -0.25) is 0 Å². The van der Waals surface area contributed by atoms with Gasteiger partial charge in [-0.15, -0.1) is 0 Å². The number of nitrogens with one attached hydrogen (secondary N) is 1. The summed E-state index contributed by atoms with van der Waals surface area (Å²) in [5, 5.41) is 9.93. The van der Waals surface area contributed by atoms with Gasteiger partial charge >= 0.3 is 0 Å². The Morgan fingerprint density at radius 2 is 2.05 bits per heavy atom. The Bertz CT molecular complexity index is 697. The molecule has 2 aromatic heterocycles. The van der Waals surface area contributed by atoms with Crippen LogP contribution < -0.4 is 4.90 Å². The normalized spacial score (nSPS) is 18.7. The van der Waals surface area contributed by atoms with Crippen LogP contribution in [0, 0.1) is 0 Å². The standard InChI is InChI=1S/C12H14ClF2N5O/c1-11(2,21)9-16-6-7(17-9)18-10(13)19-8(6)20-4-3-12(14,15)5-20/h21H,3-5H2,1-2H3,(H,16,17,18,19). The van der Waals surface area contributed by atoms with Gasteiger partial charge in [-0.2, -0.15) is 9.97 Å². The van der Waals surface area contributed by atoms with Crippen molar-refractivity contribution in [2.45, 2.75) is 31.8 Å². The van der Waals surface area contributed by atoms with Gasteiger partial charge in [0, 0.05) is 13.0 Å². The van der Waals surface area contributed by atoms with Crippen molar-refractivity contribution in [3.05, 3.63) is 11.1 Å². The highest BCUT2D eigenvalue weighted by molar-refractivity contribution is 6.28. The largest absolute Gasteiger partial charge is 0.383 e. The lowest BCUT2D eigenvalue weighted by Gasteiger charge is -2.17. The first kappa shape index (κ1) is 14.4. The summed E-state index contributed by atoms with van der Waals surface area (Å²) < 4.78 is 26.8. The van der Waals surface area contributed by atoms with E-state index < -0.39 is 18.1 Å². The molecule has 6 nitrogen and oxygen atoms in total. The van der Waals surface area contributed by atoms with E-state index in [1.165, 1.54) is 4.90 Å². The van der Waals surface area contributed by atoms with Gasteiger partial charge in [0.05, 0.1) is 6.54 Å². The van der Waals surface area contributed by atoms with Crippen LogP contribution in [0.1, 0.15) is 26.1 Å². The number of nitrogens with zero attached hydrogens (tertiary/aromatic N) is 4. The van der Waals surface area contributed by atoms with Gasteiger partial charge in [-0.05, 0) is 25.4 Å². The molecule has 1 aliphatic heterocycles. The molecular weight excluding hydrogens is 304 g/mol. The fourth-order valence-corrected chi connectivity index (χ4v) is 2.45. The molecule has 9 heteroatoms. The number of aliphatic hydroxyl groups is 1. The van der Waals surface area contributed by atoms with Crippen molar-refractivity contribution in [2.24, 2.45) is 0 Å². The van der Waals surface area contributed by atoms with Gasteiger partial charge in [0.25, 0.3) is 5.92 Å². The summed E-state index contributed by atoms with van der Waals surface area (Å²) in [6, 6.07) is 0. The number of imidazole rings is 1. The van der Waals surface area contributed by atoms with Gasteiger partial charge in [0.15, 0.2) is 17.0 Å². The predicted molar refractivity (Wildman–Crippen MR) is 73.7 cm³/mol. The second kappa shape index (κ2) is 4.48. The molecule has 0 aliphatic carbocycles. The van der Waals surface area contributed by atoms with Crippen molar-refractivity contribution < 1.29 is 13.9 Å². The zero-order chi connectivity index (χ0) is 15.4. The third kappa shape index (κ3) is 2.65. The number of fused-ring (bicyclic) bond motifs is 1. The van der Waals surface area contributed by atoms with Crippen LogP contribution in [0.15, 0.2) is 0 Å². The summed E-state index contributed by atoms with van der Waals surface area (Å²) in [6.45, 7) is 2.85. The molecule has 0 amide bonds. The third-order valence-corrected chi connectivity index (χ3v) is 3.52. The molecule has 1 fully saturated rings. The maximum absolute atomic E-state index is 13.4. The number of anilines is 1. The first-order chi connectivity index (χ1) is 9.66. The topological polar surface area (TPSA) is 77.9 Å². The minimum atomic E-state index is -2.75. The molecule has 0 bridgehead atoms. The van der Waals surface area contributed by atoms with Crippen LogP contribution in [0.25, 0.3) is 11.2 Å². The Balaban J connectivity index is 2.12. The van der Waals surface area contributed by atoms with Crippen LogP contribution in [-0.4, -0.2) is 44.1 Å². The molecule has 1 saturated heterocycles. The summed E-state index contributed by atoms with van der Waals surface area (Å²) in [6.07, 6.45) is -0.237. The predicted octanol–water partition coefficient (Wildman–Crippen LogP) is 2.08.